The van der Waals surface area contributed by atoms with E-state index in [4.69, 9.17) is 26.4 Å². The van der Waals surface area contributed by atoms with Gasteiger partial charge >= 0.3 is 0 Å². The van der Waals surface area contributed by atoms with Gasteiger partial charge in [0.15, 0.2) is 5.11 Å². The average molecular weight is 401 g/mol. The van der Waals surface area contributed by atoms with Crippen molar-refractivity contribution in [3.63, 3.8) is 0 Å². The van der Waals surface area contributed by atoms with Crippen LogP contribution in [0.5, 0.6) is 11.5 Å². The number of thiocarbonyl (C=S) groups is 1. The zero-order valence-corrected chi connectivity index (χ0v) is 17.6. The van der Waals surface area contributed by atoms with Gasteiger partial charge in [-0.2, -0.15) is 0 Å². The van der Waals surface area contributed by atoms with E-state index in [1.54, 1.807) is 14.2 Å². The van der Waals surface area contributed by atoms with Gasteiger partial charge in [0.25, 0.3) is 0 Å². The Morgan fingerprint density at radius 2 is 2.07 bits per heavy atom. The smallest absolute Gasteiger partial charge is 0.173 e. The van der Waals surface area contributed by atoms with Gasteiger partial charge in [-0.15, -0.1) is 0 Å². The first kappa shape index (κ1) is 20.4. The second-order valence-corrected chi connectivity index (χ2v) is 7.39. The molecule has 0 bridgehead atoms. The predicted molar refractivity (Wildman–Crippen MR) is 116 cm³/mol. The molecule has 28 heavy (non-hydrogen) atoms. The zero-order chi connectivity index (χ0) is 19.9. The van der Waals surface area contributed by atoms with Crippen LogP contribution in [0.4, 0.5) is 5.69 Å². The Labute approximate surface area is 172 Å². The van der Waals surface area contributed by atoms with E-state index in [0.717, 1.165) is 54.3 Å². The molecule has 5 nitrogen and oxygen atoms in total. The summed E-state index contributed by atoms with van der Waals surface area (Å²) in [4.78, 5) is 2.15. The second-order valence-electron chi connectivity index (χ2n) is 7.00. The lowest BCUT2D eigenvalue weighted by molar-refractivity contribution is 0.0905. The number of ether oxygens (including phenoxy) is 3. The van der Waals surface area contributed by atoms with Gasteiger partial charge in [-0.25, -0.2) is 0 Å². The highest BCUT2D eigenvalue weighted by atomic mass is 32.1. The van der Waals surface area contributed by atoms with Gasteiger partial charge in [-0.05, 0) is 67.4 Å². The Morgan fingerprint density at radius 3 is 2.79 bits per heavy atom. The van der Waals surface area contributed by atoms with Gasteiger partial charge < -0.3 is 24.4 Å². The van der Waals surface area contributed by atoms with Gasteiger partial charge in [0.05, 0.1) is 26.0 Å². The lowest BCUT2D eigenvalue weighted by Crippen LogP contribution is -2.39. The fourth-order valence-corrected chi connectivity index (χ4v) is 3.59. The first-order chi connectivity index (χ1) is 13.6. The van der Waals surface area contributed by atoms with E-state index in [9.17, 15) is 0 Å². The quantitative estimate of drug-likeness (QED) is 0.696. The van der Waals surface area contributed by atoms with E-state index in [2.05, 4.69) is 16.3 Å². The number of aryl methyl sites for hydroxylation is 1. The number of rotatable bonds is 7. The van der Waals surface area contributed by atoms with Crippen molar-refractivity contribution in [2.45, 2.75) is 32.4 Å². The molecule has 3 rings (SSSR count). The molecule has 0 spiro atoms. The maximum atomic E-state index is 5.85. The van der Waals surface area contributed by atoms with E-state index < -0.39 is 0 Å². The molecular formula is C22H28N2O3S. The van der Waals surface area contributed by atoms with Crippen molar-refractivity contribution in [1.82, 2.24) is 4.90 Å². The molecule has 0 aromatic heterocycles. The molecule has 1 unspecified atom stereocenters. The number of benzene rings is 2. The molecule has 0 radical (unpaired) electrons. The lowest BCUT2D eigenvalue weighted by Gasteiger charge is -2.29. The third-order valence-electron chi connectivity index (χ3n) is 4.84. The van der Waals surface area contributed by atoms with Gasteiger partial charge in [-0.3, -0.25) is 0 Å². The molecule has 1 heterocycles. The van der Waals surface area contributed by atoms with Gasteiger partial charge in [0.1, 0.15) is 11.5 Å². The fraction of sp³-hybridized carbons (Fsp3) is 0.409. The standard InChI is InChI=1S/C22H28N2O3S/c1-16-9-10-20(21(12-16)26-3)23-22(28)24(15-19-8-5-11-27-19)14-17-6-4-7-18(13-17)25-2/h4,6-7,9-10,12-13,19H,5,8,11,14-15H2,1-3H3,(H,23,28). The molecule has 0 aliphatic carbocycles. The first-order valence-corrected chi connectivity index (χ1v) is 9.95. The van der Waals surface area contributed by atoms with Crippen LogP contribution in [0.2, 0.25) is 0 Å². The molecule has 1 aliphatic rings. The monoisotopic (exact) mass is 400 g/mol. The zero-order valence-electron chi connectivity index (χ0n) is 16.7. The number of methoxy groups -OCH3 is 2. The van der Waals surface area contributed by atoms with Crippen LogP contribution in [-0.4, -0.2) is 43.5 Å². The molecule has 0 amide bonds. The van der Waals surface area contributed by atoms with E-state index >= 15 is 0 Å². The average Bonchev–Trinajstić information content (AvgIpc) is 3.22. The fourth-order valence-electron chi connectivity index (χ4n) is 3.34. The minimum atomic E-state index is 0.199. The summed E-state index contributed by atoms with van der Waals surface area (Å²) in [6, 6.07) is 14.1. The van der Waals surface area contributed by atoms with Crippen LogP contribution >= 0.6 is 12.2 Å². The summed E-state index contributed by atoms with van der Waals surface area (Å²) in [5, 5.41) is 4.01. The summed E-state index contributed by atoms with van der Waals surface area (Å²) >= 11 is 5.77. The Hall–Kier alpha value is -2.31. The van der Waals surface area contributed by atoms with Crippen LogP contribution in [0.3, 0.4) is 0 Å². The summed E-state index contributed by atoms with van der Waals surface area (Å²) in [6.07, 6.45) is 2.36. The van der Waals surface area contributed by atoms with Crippen LogP contribution in [0.15, 0.2) is 42.5 Å². The summed E-state index contributed by atoms with van der Waals surface area (Å²) in [7, 11) is 3.35. The van der Waals surface area contributed by atoms with E-state index in [1.165, 1.54) is 0 Å². The van der Waals surface area contributed by atoms with Crippen molar-refractivity contribution >= 4 is 23.0 Å². The van der Waals surface area contributed by atoms with Crippen LogP contribution in [-0.2, 0) is 11.3 Å². The van der Waals surface area contributed by atoms with Gasteiger partial charge in [0.2, 0.25) is 0 Å². The lowest BCUT2D eigenvalue weighted by atomic mass is 10.1. The van der Waals surface area contributed by atoms with Crippen molar-refractivity contribution in [2.75, 3.05) is 32.7 Å². The number of hydrogen-bond acceptors (Lipinski definition) is 4. The largest absolute Gasteiger partial charge is 0.497 e. The number of nitrogens with zero attached hydrogens (tertiary/aromatic N) is 1. The topological polar surface area (TPSA) is 43.0 Å². The van der Waals surface area contributed by atoms with Crippen molar-refractivity contribution in [3.05, 3.63) is 53.6 Å². The van der Waals surface area contributed by atoms with Crippen LogP contribution in [0.25, 0.3) is 0 Å². The summed E-state index contributed by atoms with van der Waals surface area (Å²) in [6.45, 7) is 4.29. The third-order valence-corrected chi connectivity index (χ3v) is 5.20. The Morgan fingerprint density at radius 1 is 1.21 bits per heavy atom. The molecule has 2 aromatic carbocycles. The second kappa shape index (κ2) is 9.75. The molecule has 1 fully saturated rings. The summed E-state index contributed by atoms with van der Waals surface area (Å²) in [5.41, 5.74) is 3.14. The Bertz CT molecular complexity index is 806. The van der Waals surface area contributed by atoms with Crippen LogP contribution < -0.4 is 14.8 Å². The van der Waals surface area contributed by atoms with Crippen molar-refractivity contribution in [2.24, 2.45) is 0 Å². The number of nitrogens with one attached hydrogen (secondary N) is 1. The van der Waals surface area contributed by atoms with Crippen molar-refractivity contribution in [3.8, 4) is 11.5 Å². The molecule has 2 aromatic rings. The van der Waals surface area contributed by atoms with E-state index in [-0.39, 0.29) is 6.10 Å². The predicted octanol–water partition coefficient (Wildman–Crippen LogP) is 4.39. The Kier molecular flexibility index (Phi) is 7.12. The SMILES string of the molecule is COc1cccc(CN(CC2CCCO2)C(=S)Nc2ccc(C)cc2OC)c1. The number of anilines is 1. The molecule has 1 aliphatic heterocycles. The molecule has 1 saturated heterocycles. The summed E-state index contributed by atoms with van der Waals surface area (Å²) in [5.74, 6) is 1.62. The molecule has 1 atom stereocenters. The van der Waals surface area contributed by atoms with E-state index in [0.29, 0.717) is 11.7 Å². The van der Waals surface area contributed by atoms with Crippen molar-refractivity contribution in [1.29, 1.82) is 0 Å². The molecule has 150 valence electrons. The van der Waals surface area contributed by atoms with Gasteiger partial charge in [-0.1, -0.05) is 18.2 Å². The first-order valence-electron chi connectivity index (χ1n) is 9.54. The molecule has 6 heteroatoms. The highest BCUT2D eigenvalue weighted by Crippen LogP contribution is 2.26. The van der Waals surface area contributed by atoms with Crippen molar-refractivity contribution < 1.29 is 14.2 Å². The van der Waals surface area contributed by atoms with Gasteiger partial charge in [0, 0.05) is 19.7 Å². The summed E-state index contributed by atoms with van der Waals surface area (Å²) < 4.78 is 16.7. The minimum Gasteiger partial charge on any atom is -0.497 e. The molecule has 1 N–H and O–H groups in total. The third kappa shape index (κ3) is 5.36. The van der Waals surface area contributed by atoms with Crippen LogP contribution in [0.1, 0.15) is 24.0 Å². The molecule has 0 saturated carbocycles. The number of hydrogen-bond donors (Lipinski definition) is 1. The van der Waals surface area contributed by atoms with E-state index in [1.807, 2.05) is 43.3 Å². The highest BCUT2D eigenvalue weighted by molar-refractivity contribution is 7.80. The maximum Gasteiger partial charge on any atom is 0.173 e. The maximum absolute atomic E-state index is 5.85. The minimum absolute atomic E-state index is 0.199. The van der Waals surface area contributed by atoms with Crippen LogP contribution in [0, 0.1) is 6.92 Å². The molecular weight excluding hydrogens is 372 g/mol. The normalized spacial score (nSPS) is 15.9. The highest BCUT2D eigenvalue weighted by Gasteiger charge is 2.22. The Balaban J connectivity index is 1.77.